The number of imidazole rings is 1. The van der Waals surface area contributed by atoms with Crippen molar-refractivity contribution in [1.82, 2.24) is 8.96 Å². The molecule has 0 aliphatic rings. The summed E-state index contributed by atoms with van der Waals surface area (Å²) >= 11 is -0.696. The maximum absolute atomic E-state index is 8.88. The van der Waals surface area contributed by atoms with E-state index < -0.39 is 11.1 Å². The van der Waals surface area contributed by atoms with Gasteiger partial charge in [-0.3, -0.25) is 3.97 Å². The second-order valence-corrected chi connectivity index (χ2v) is 4.84. The van der Waals surface area contributed by atoms with Crippen molar-refractivity contribution in [3.63, 3.8) is 0 Å². The Morgan fingerprint density at radius 1 is 1.67 bits per heavy atom. The normalized spacial score (nSPS) is 14.3. The SMILES string of the molecule is CC(C)C[SH](C#N)n1ccnc1. The minimum atomic E-state index is -0.696. The second-order valence-electron chi connectivity index (χ2n) is 3.02. The molecule has 0 amide bonds. The molecule has 0 saturated heterocycles. The van der Waals surface area contributed by atoms with E-state index in [9.17, 15) is 0 Å². The van der Waals surface area contributed by atoms with Crippen LogP contribution in [0.25, 0.3) is 0 Å². The quantitative estimate of drug-likeness (QED) is 0.573. The fourth-order valence-electron chi connectivity index (χ4n) is 0.928. The van der Waals surface area contributed by atoms with Crippen LogP contribution in [0, 0.1) is 16.6 Å². The van der Waals surface area contributed by atoms with Gasteiger partial charge in [-0.1, -0.05) is 24.9 Å². The van der Waals surface area contributed by atoms with Gasteiger partial charge in [0.2, 0.25) is 0 Å². The minimum absolute atomic E-state index is 0.568. The van der Waals surface area contributed by atoms with Gasteiger partial charge < -0.3 is 0 Å². The average Bonchev–Trinajstić information content (AvgIpc) is 2.51. The smallest absolute Gasteiger partial charge is 0.129 e. The molecule has 0 spiro atoms. The number of thiol groups is 1. The van der Waals surface area contributed by atoms with Gasteiger partial charge in [-0.2, -0.15) is 5.26 Å². The van der Waals surface area contributed by atoms with Gasteiger partial charge in [0.1, 0.15) is 11.7 Å². The topological polar surface area (TPSA) is 41.6 Å². The van der Waals surface area contributed by atoms with Crippen LogP contribution in [0.15, 0.2) is 18.7 Å². The second kappa shape index (κ2) is 4.17. The highest BCUT2D eigenvalue weighted by atomic mass is 32.2. The molecule has 1 unspecified atom stereocenters. The molecule has 1 rings (SSSR count). The van der Waals surface area contributed by atoms with Gasteiger partial charge in [-0.05, 0) is 5.92 Å². The molecule has 4 heteroatoms. The molecule has 1 atom stereocenters. The van der Waals surface area contributed by atoms with Crippen molar-refractivity contribution in [3.05, 3.63) is 18.7 Å². The van der Waals surface area contributed by atoms with Gasteiger partial charge >= 0.3 is 0 Å². The Kier molecular flexibility index (Phi) is 3.18. The van der Waals surface area contributed by atoms with Gasteiger partial charge in [0.05, 0.1) is 0 Å². The van der Waals surface area contributed by atoms with Crippen LogP contribution in [0.4, 0.5) is 0 Å². The van der Waals surface area contributed by atoms with E-state index in [2.05, 4.69) is 24.2 Å². The van der Waals surface area contributed by atoms with E-state index in [1.807, 2.05) is 10.2 Å². The van der Waals surface area contributed by atoms with Crippen molar-refractivity contribution in [3.8, 4) is 5.40 Å². The number of nitriles is 1. The van der Waals surface area contributed by atoms with Crippen molar-refractivity contribution >= 4 is 11.1 Å². The molecule has 1 aromatic rings. The molecule has 0 aliphatic carbocycles. The van der Waals surface area contributed by atoms with Crippen molar-refractivity contribution in [2.24, 2.45) is 5.92 Å². The van der Waals surface area contributed by atoms with Crippen LogP contribution in [-0.2, 0) is 0 Å². The lowest BCUT2D eigenvalue weighted by atomic mass is 10.3. The lowest BCUT2D eigenvalue weighted by Crippen LogP contribution is -2.01. The number of thiocyanates is 1. The summed E-state index contributed by atoms with van der Waals surface area (Å²) in [4.78, 5) is 3.93. The molecule has 12 heavy (non-hydrogen) atoms. The molecule has 0 radical (unpaired) electrons. The predicted molar refractivity (Wildman–Crippen MR) is 51.9 cm³/mol. The Hall–Kier alpha value is -0.950. The third kappa shape index (κ3) is 2.28. The average molecular weight is 183 g/mol. The standard InChI is InChI=1S/C8H13N3S/c1-8(2)5-12(6-9)11-4-3-10-7-11/h3-4,7-8,12H,5H2,1-2H3. The number of aromatic nitrogens is 2. The zero-order valence-corrected chi connectivity index (χ0v) is 8.20. The fraction of sp³-hybridized carbons (Fsp3) is 0.500. The highest BCUT2D eigenvalue weighted by Gasteiger charge is 2.05. The largest absolute Gasteiger partial charge is 0.289 e. The zero-order chi connectivity index (χ0) is 8.97. The first-order chi connectivity index (χ1) is 5.74. The van der Waals surface area contributed by atoms with Crippen LogP contribution in [0.1, 0.15) is 13.8 Å². The highest BCUT2D eigenvalue weighted by Crippen LogP contribution is 2.27. The van der Waals surface area contributed by atoms with Crippen LogP contribution in [-0.4, -0.2) is 14.7 Å². The Morgan fingerprint density at radius 3 is 2.83 bits per heavy atom. The van der Waals surface area contributed by atoms with Crippen LogP contribution >= 0.6 is 11.1 Å². The molecule has 1 heterocycles. The first-order valence-corrected chi connectivity index (χ1v) is 5.37. The Morgan fingerprint density at radius 2 is 2.42 bits per heavy atom. The van der Waals surface area contributed by atoms with Crippen LogP contribution in [0.5, 0.6) is 0 Å². The van der Waals surface area contributed by atoms with E-state index in [1.165, 1.54) is 0 Å². The summed E-state index contributed by atoms with van der Waals surface area (Å²) in [7, 11) is 0. The van der Waals surface area contributed by atoms with Crippen LogP contribution in [0.2, 0.25) is 0 Å². The minimum Gasteiger partial charge on any atom is -0.289 e. The van der Waals surface area contributed by atoms with Gasteiger partial charge in [0, 0.05) is 18.1 Å². The molecule has 0 aromatic carbocycles. The zero-order valence-electron chi connectivity index (χ0n) is 7.31. The molecule has 0 fully saturated rings. The summed E-state index contributed by atoms with van der Waals surface area (Å²) in [5.74, 6) is 1.51. The van der Waals surface area contributed by atoms with Crippen molar-refractivity contribution in [1.29, 1.82) is 5.26 Å². The van der Waals surface area contributed by atoms with E-state index >= 15 is 0 Å². The lowest BCUT2D eigenvalue weighted by molar-refractivity contribution is 0.747. The van der Waals surface area contributed by atoms with Crippen molar-refractivity contribution in [2.45, 2.75) is 13.8 Å². The number of hydrogen-bond acceptors (Lipinski definition) is 2. The van der Waals surface area contributed by atoms with E-state index in [-0.39, 0.29) is 0 Å². The number of rotatable bonds is 3. The van der Waals surface area contributed by atoms with Crippen LogP contribution in [0.3, 0.4) is 0 Å². The Bertz CT molecular complexity index is 260. The van der Waals surface area contributed by atoms with Gasteiger partial charge in [-0.25, -0.2) is 4.98 Å². The van der Waals surface area contributed by atoms with E-state index in [0.29, 0.717) is 5.92 Å². The molecule has 66 valence electrons. The van der Waals surface area contributed by atoms with Gasteiger partial charge in [0.15, 0.2) is 0 Å². The molecule has 0 saturated carbocycles. The van der Waals surface area contributed by atoms with E-state index in [0.717, 1.165) is 5.75 Å². The maximum atomic E-state index is 8.88. The Labute approximate surface area is 75.5 Å². The predicted octanol–water partition coefficient (Wildman–Crippen LogP) is 1.78. The van der Waals surface area contributed by atoms with E-state index in [4.69, 9.17) is 5.26 Å². The first-order valence-electron chi connectivity index (χ1n) is 3.89. The first kappa shape index (κ1) is 9.14. The lowest BCUT2D eigenvalue weighted by Gasteiger charge is -2.16. The van der Waals surface area contributed by atoms with Crippen LogP contribution < -0.4 is 0 Å². The van der Waals surface area contributed by atoms with Crippen molar-refractivity contribution in [2.75, 3.05) is 5.75 Å². The third-order valence-electron chi connectivity index (χ3n) is 1.42. The number of nitrogens with zero attached hydrogens (tertiary/aromatic N) is 3. The fourth-order valence-corrected chi connectivity index (χ4v) is 2.40. The molecule has 1 aromatic heterocycles. The molecular formula is C8H13N3S. The molecule has 3 nitrogen and oxygen atoms in total. The van der Waals surface area contributed by atoms with Gasteiger partial charge in [0.25, 0.3) is 0 Å². The summed E-state index contributed by atoms with van der Waals surface area (Å²) in [6, 6.07) is 0. The molecular weight excluding hydrogens is 170 g/mol. The van der Waals surface area contributed by atoms with Crippen molar-refractivity contribution < 1.29 is 0 Å². The maximum Gasteiger partial charge on any atom is 0.129 e. The summed E-state index contributed by atoms with van der Waals surface area (Å²) < 4.78 is 1.91. The number of hydrogen-bond donors (Lipinski definition) is 1. The van der Waals surface area contributed by atoms with E-state index in [1.54, 1.807) is 12.5 Å². The molecule has 0 N–H and O–H groups in total. The summed E-state index contributed by atoms with van der Waals surface area (Å²) in [5, 5.41) is 11.2. The third-order valence-corrected chi connectivity index (χ3v) is 3.52. The molecule has 0 aliphatic heterocycles. The monoisotopic (exact) mass is 183 g/mol. The molecule has 0 bridgehead atoms. The van der Waals surface area contributed by atoms with Gasteiger partial charge in [-0.15, -0.1) is 0 Å². The summed E-state index contributed by atoms with van der Waals surface area (Å²) in [5.41, 5.74) is 0. The summed E-state index contributed by atoms with van der Waals surface area (Å²) in [6.07, 6.45) is 5.29. The summed E-state index contributed by atoms with van der Waals surface area (Å²) in [6.45, 7) is 4.26. The highest BCUT2D eigenvalue weighted by molar-refractivity contribution is 8.19. The Balaban J connectivity index is 2.65.